The van der Waals surface area contributed by atoms with Crippen LogP contribution in [-0.2, 0) is 43.3 Å². The Labute approximate surface area is 443 Å². The first-order valence-electron chi connectivity index (χ1n) is 28.8. The van der Waals surface area contributed by atoms with Crippen LogP contribution in [0.3, 0.4) is 0 Å². The quantitative estimate of drug-likeness (QED) is 0.165. The average molecular weight is 975 g/mol. The first kappa shape index (κ1) is 47.0. The van der Waals surface area contributed by atoms with Crippen molar-refractivity contribution in [3.05, 3.63) is 148 Å². The maximum absolute atomic E-state index is 7.77. The Morgan fingerprint density at radius 1 is 0.365 bits per heavy atom. The fourth-order valence-electron chi connectivity index (χ4n) is 16.3. The number of hydrogen-bond donors (Lipinski definition) is 0. The van der Waals surface area contributed by atoms with E-state index in [9.17, 15) is 0 Å². The maximum Gasteiger partial charge on any atom is 0.257 e. The topological polar surface area (TPSA) is 19.6 Å². The molecule has 7 aromatic rings. The van der Waals surface area contributed by atoms with Crippen molar-refractivity contribution >= 4 is 68.4 Å². The monoisotopic (exact) mass is 975 g/mol. The molecule has 0 amide bonds. The summed E-state index contributed by atoms with van der Waals surface area (Å²) < 4.78 is 7.77. The molecule has 6 aliphatic carbocycles. The van der Waals surface area contributed by atoms with Crippen LogP contribution in [0.15, 0.2) is 108 Å². The second-order valence-corrected chi connectivity index (χ2v) is 29.5. The highest BCUT2D eigenvalue weighted by Gasteiger charge is 2.52. The largest absolute Gasteiger partial charge is 0.440 e. The smallest absolute Gasteiger partial charge is 0.257 e. The Balaban J connectivity index is 1.14. The van der Waals surface area contributed by atoms with Crippen LogP contribution in [0.25, 0.3) is 22.1 Å². The van der Waals surface area contributed by atoms with Gasteiger partial charge in [-0.1, -0.05) is 145 Å². The third-order valence-electron chi connectivity index (χ3n) is 21.9. The summed E-state index contributed by atoms with van der Waals surface area (Å²) in [6.07, 6.45) is 12.0. The molecular weight excluding hydrogens is 896 g/mol. The van der Waals surface area contributed by atoms with Crippen LogP contribution in [0.2, 0.25) is 0 Å². The molecule has 0 spiro atoms. The molecule has 3 nitrogen and oxygen atoms in total. The van der Waals surface area contributed by atoms with Gasteiger partial charge < -0.3 is 9.32 Å². The summed E-state index contributed by atoms with van der Waals surface area (Å²) in [5, 5.41) is 1.30. The number of rotatable bonds is 3. The van der Waals surface area contributed by atoms with Gasteiger partial charge in [0.25, 0.3) is 6.71 Å². The van der Waals surface area contributed by atoms with Gasteiger partial charge in [0.05, 0.1) is 0 Å². The second kappa shape index (κ2) is 14.7. The predicted octanol–water partition coefficient (Wildman–Crippen LogP) is 17.3. The molecule has 74 heavy (non-hydrogen) atoms. The van der Waals surface area contributed by atoms with Crippen molar-refractivity contribution in [2.45, 2.75) is 204 Å². The van der Waals surface area contributed by atoms with E-state index in [-0.39, 0.29) is 50.0 Å². The van der Waals surface area contributed by atoms with E-state index in [1.807, 2.05) is 0 Å². The average Bonchev–Trinajstić information content (AvgIpc) is 3.79. The Hall–Kier alpha value is -5.48. The molecule has 6 aromatic carbocycles. The lowest BCUT2D eigenvalue weighted by atomic mass is 9.33. The third kappa shape index (κ3) is 6.38. The van der Waals surface area contributed by atoms with E-state index in [1.54, 1.807) is 5.56 Å². The molecule has 3 heterocycles. The van der Waals surface area contributed by atoms with E-state index in [0.29, 0.717) is 0 Å². The fourth-order valence-corrected chi connectivity index (χ4v) is 16.3. The first-order valence-corrected chi connectivity index (χ1v) is 28.8. The molecule has 0 saturated heterocycles. The third-order valence-corrected chi connectivity index (χ3v) is 21.9. The summed E-state index contributed by atoms with van der Waals surface area (Å²) in [7, 11) is 0. The Bertz CT molecular complexity index is 3570. The molecule has 1 saturated carbocycles. The second-order valence-electron chi connectivity index (χ2n) is 29.5. The Morgan fingerprint density at radius 2 is 0.811 bits per heavy atom. The highest BCUT2D eigenvalue weighted by Crippen LogP contribution is 2.59. The number of nitrogens with zero attached hydrogens (tertiary/aromatic N) is 2. The van der Waals surface area contributed by atoms with Gasteiger partial charge in [0.1, 0.15) is 5.58 Å². The molecule has 15 rings (SSSR count). The SMILES string of the molecule is CC1(C)CCC(C)(C)c2cc(N3c4cc5c(cc4B4c6c3cc(-c3ccccc3)cc6N(c3ccc6c(c3)C(C)(C)CCC6(C)C)c3oc6cc7c(cc6c34)C3(C)CCC7(C)CC3)C(C)(C)CCC5(C)C)ccc21. The standard InChI is InChI=1S/C70H79BN2O/c1-63(2)24-26-65(5,6)49-36-44(20-22-47(49)63)72-56-40-52-51(67(9,10)28-29-68(52,11)12)39-55(56)71-60-46-38-53-54(70(14)32-30-69(53,13)31-33-70)41-59(46)74-62(60)73(45-21-23-48-50(37-45)66(7,8)27-25-64(48,3)4)58-35-43(34-57(72)61(58)71)42-18-16-15-17-19-42/h15-23,34-41H,24-33H2,1-14H3. The summed E-state index contributed by atoms with van der Waals surface area (Å²) in [6.45, 7) is 34.8. The number of hydrogen-bond acceptors (Lipinski definition) is 3. The van der Waals surface area contributed by atoms with Gasteiger partial charge in [-0.25, -0.2) is 0 Å². The molecule has 2 bridgehead atoms. The zero-order valence-electron chi connectivity index (χ0n) is 47.3. The lowest BCUT2D eigenvalue weighted by Gasteiger charge is -2.52. The van der Waals surface area contributed by atoms with E-state index in [2.05, 4.69) is 210 Å². The Morgan fingerprint density at radius 3 is 1.34 bits per heavy atom. The molecule has 2 aliphatic heterocycles. The molecular formula is C70H79BN2O. The van der Waals surface area contributed by atoms with Crippen LogP contribution in [0.5, 0.6) is 0 Å². The Kier molecular flexibility index (Phi) is 9.35. The van der Waals surface area contributed by atoms with E-state index in [1.165, 1.54) is 158 Å². The molecule has 4 heteroatoms. The van der Waals surface area contributed by atoms with Crippen LogP contribution >= 0.6 is 0 Å². The molecule has 0 radical (unpaired) electrons. The van der Waals surface area contributed by atoms with Crippen LogP contribution < -0.4 is 26.2 Å². The minimum Gasteiger partial charge on any atom is -0.440 e. The number of anilines is 6. The summed E-state index contributed by atoms with van der Waals surface area (Å²) >= 11 is 0. The molecule has 1 aromatic heterocycles. The van der Waals surface area contributed by atoms with Crippen LogP contribution in [-0.4, -0.2) is 6.71 Å². The molecule has 0 atom stereocenters. The van der Waals surface area contributed by atoms with Gasteiger partial charge >= 0.3 is 0 Å². The minimum absolute atomic E-state index is 0.0281. The van der Waals surface area contributed by atoms with Crippen molar-refractivity contribution in [3.63, 3.8) is 0 Å². The molecule has 1 fully saturated rings. The van der Waals surface area contributed by atoms with Crippen molar-refractivity contribution in [1.82, 2.24) is 0 Å². The van der Waals surface area contributed by atoms with E-state index in [4.69, 9.17) is 4.42 Å². The van der Waals surface area contributed by atoms with Crippen LogP contribution in [0.4, 0.5) is 34.3 Å². The molecule has 0 unspecified atom stereocenters. The van der Waals surface area contributed by atoms with Crippen LogP contribution in [0, 0.1) is 0 Å². The highest BCUT2D eigenvalue weighted by atomic mass is 16.4. The van der Waals surface area contributed by atoms with Gasteiger partial charge in [0.2, 0.25) is 5.88 Å². The van der Waals surface area contributed by atoms with Gasteiger partial charge in [-0.3, -0.25) is 4.90 Å². The van der Waals surface area contributed by atoms with Crippen molar-refractivity contribution in [2.24, 2.45) is 0 Å². The van der Waals surface area contributed by atoms with Crippen molar-refractivity contribution < 1.29 is 4.42 Å². The summed E-state index contributed by atoms with van der Waals surface area (Å²) in [5.74, 6) is 0.987. The molecule has 378 valence electrons. The van der Waals surface area contributed by atoms with Crippen molar-refractivity contribution in [3.8, 4) is 11.1 Å². The zero-order valence-corrected chi connectivity index (χ0v) is 47.3. The normalized spacial score (nSPS) is 25.3. The van der Waals surface area contributed by atoms with Gasteiger partial charge in [-0.15, -0.1) is 0 Å². The van der Waals surface area contributed by atoms with Crippen LogP contribution in [0.1, 0.15) is 206 Å². The maximum atomic E-state index is 7.77. The van der Waals surface area contributed by atoms with Gasteiger partial charge in [0.15, 0.2) is 0 Å². The predicted molar refractivity (Wildman–Crippen MR) is 315 cm³/mol. The van der Waals surface area contributed by atoms with Gasteiger partial charge in [-0.05, 0) is 229 Å². The number of fused-ring (bicyclic) bond motifs is 11. The number of furan rings is 1. The zero-order chi connectivity index (χ0) is 51.7. The highest BCUT2D eigenvalue weighted by molar-refractivity contribution is 7.01. The summed E-state index contributed by atoms with van der Waals surface area (Å²) in [5.41, 5.74) is 26.6. The number of benzene rings is 6. The molecule has 0 N–H and O–H groups in total. The lowest BCUT2D eigenvalue weighted by Crippen LogP contribution is -2.61. The minimum atomic E-state index is -0.0575. The van der Waals surface area contributed by atoms with Gasteiger partial charge in [-0.2, -0.15) is 0 Å². The van der Waals surface area contributed by atoms with E-state index < -0.39 is 0 Å². The summed E-state index contributed by atoms with van der Waals surface area (Å²) in [4.78, 5) is 5.33. The lowest BCUT2D eigenvalue weighted by molar-refractivity contribution is 0.188. The first-order chi connectivity index (χ1) is 34.8. The van der Waals surface area contributed by atoms with E-state index >= 15 is 0 Å². The van der Waals surface area contributed by atoms with E-state index in [0.717, 1.165) is 17.9 Å². The molecule has 8 aliphatic rings. The summed E-state index contributed by atoms with van der Waals surface area (Å²) in [6, 6.07) is 42.0. The fraction of sp³-hybridized carbons (Fsp3) is 0.457. The van der Waals surface area contributed by atoms with Crippen molar-refractivity contribution in [1.29, 1.82) is 0 Å². The van der Waals surface area contributed by atoms with Crippen molar-refractivity contribution in [2.75, 3.05) is 9.80 Å². The van der Waals surface area contributed by atoms with Gasteiger partial charge in [0, 0.05) is 39.3 Å².